The first-order valence-electron chi connectivity index (χ1n) is 11.0. The number of amides is 1. The molecule has 1 aliphatic carbocycles. The van der Waals surface area contributed by atoms with Gasteiger partial charge in [-0.25, -0.2) is 8.42 Å². The Morgan fingerprint density at radius 2 is 1.59 bits per heavy atom. The fraction of sp³-hybridized carbons (Fsp3) is 0.333. The molecule has 2 aliphatic rings. The molecule has 32 heavy (non-hydrogen) atoms. The molecule has 1 N–H and O–H groups in total. The van der Waals surface area contributed by atoms with Gasteiger partial charge in [-0.15, -0.1) is 0 Å². The van der Waals surface area contributed by atoms with Crippen LogP contribution < -0.4 is 0 Å². The molecule has 0 unspecified atom stereocenters. The van der Waals surface area contributed by atoms with Crippen molar-refractivity contribution in [3.8, 4) is 11.3 Å². The largest absolute Gasteiger partial charge is 0.335 e. The second kappa shape index (κ2) is 8.52. The van der Waals surface area contributed by atoms with E-state index in [-0.39, 0.29) is 19.0 Å². The van der Waals surface area contributed by atoms with E-state index in [1.54, 1.807) is 17.0 Å². The van der Waals surface area contributed by atoms with Crippen LogP contribution in [0.4, 0.5) is 0 Å². The molecule has 5 rings (SSSR count). The third-order valence-electron chi connectivity index (χ3n) is 6.36. The molecular weight excluding hydrogens is 424 g/mol. The summed E-state index contributed by atoms with van der Waals surface area (Å²) in [5.74, 6) is -0.162. The minimum atomic E-state index is -3.57. The second-order valence-corrected chi connectivity index (χ2v) is 10.3. The molecule has 1 aromatic heterocycles. The summed E-state index contributed by atoms with van der Waals surface area (Å²) in [7, 11) is -3.57. The summed E-state index contributed by atoms with van der Waals surface area (Å²) in [5, 5.41) is 7.08. The van der Waals surface area contributed by atoms with Crippen molar-refractivity contribution in [2.75, 3.05) is 26.2 Å². The Balaban J connectivity index is 1.26. The molecule has 0 bridgehead atoms. The maximum absolute atomic E-state index is 13.2. The molecule has 1 fully saturated rings. The van der Waals surface area contributed by atoms with E-state index in [2.05, 4.69) is 10.2 Å². The highest BCUT2D eigenvalue weighted by atomic mass is 32.2. The fourth-order valence-electron chi connectivity index (χ4n) is 4.51. The number of piperazine rings is 1. The summed E-state index contributed by atoms with van der Waals surface area (Å²) in [6, 6.07) is 16.9. The fourth-order valence-corrected chi connectivity index (χ4v) is 5.98. The lowest BCUT2D eigenvalue weighted by Crippen LogP contribution is -2.50. The van der Waals surface area contributed by atoms with Crippen molar-refractivity contribution in [2.45, 2.75) is 30.6 Å². The van der Waals surface area contributed by atoms with Crippen LogP contribution in [0.1, 0.15) is 34.5 Å². The smallest absolute Gasteiger partial charge is 0.271 e. The molecular formula is C24H26N4O3S. The highest BCUT2D eigenvalue weighted by molar-refractivity contribution is 7.89. The number of hydrogen-bond acceptors (Lipinski definition) is 4. The van der Waals surface area contributed by atoms with Gasteiger partial charge in [0.1, 0.15) is 5.69 Å². The Kier molecular flexibility index (Phi) is 5.57. The van der Waals surface area contributed by atoms with Crippen molar-refractivity contribution >= 4 is 15.9 Å². The molecule has 2 heterocycles. The molecule has 0 atom stereocenters. The van der Waals surface area contributed by atoms with E-state index >= 15 is 0 Å². The number of nitrogens with zero attached hydrogens (tertiary/aromatic N) is 3. The van der Waals surface area contributed by atoms with Crippen LogP contribution in [0.15, 0.2) is 59.5 Å². The normalized spacial score (nSPS) is 17.2. The monoisotopic (exact) mass is 450 g/mol. The van der Waals surface area contributed by atoms with Crippen LogP contribution in [0, 0.1) is 0 Å². The van der Waals surface area contributed by atoms with E-state index in [0.717, 1.165) is 36.8 Å². The number of carbonyl (C=O) groups is 1. The van der Waals surface area contributed by atoms with Crippen molar-refractivity contribution in [3.63, 3.8) is 0 Å². The van der Waals surface area contributed by atoms with Crippen molar-refractivity contribution < 1.29 is 13.2 Å². The molecule has 0 spiro atoms. The lowest BCUT2D eigenvalue weighted by Gasteiger charge is -2.34. The Morgan fingerprint density at radius 3 is 2.34 bits per heavy atom. The van der Waals surface area contributed by atoms with Gasteiger partial charge in [0.2, 0.25) is 10.0 Å². The van der Waals surface area contributed by atoms with Crippen LogP contribution in [-0.4, -0.2) is 59.9 Å². The Morgan fingerprint density at radius 1 is 0.875 bits per heavy atom. The lowest BCUT2D eigenvalue weighted by molar-refractivity contribution is 0.0692. The highest BCUT2D eigenvalue weighted by Gasteiger charge is 2.31. The SMILES string of the molecule is O=C(c1cc(-c2ccccc2)n[nH]1)N1CCN(S(=O)(=O)c2ccc3c(c2)CCCC3)CC1. The number of sulfonamides is 1. The first-order chi connectivity index (χ1) is 15.5. The number of H-pyrrole nitrogens is 1. The van der Waals surface area contributed by atoms with Gasteiger partial charge in [0.25, 0.3) is 5.91 Å². The van der Waals surface area contributed by atoms with Gasteiger partial charge in [0.05, 0.1) is 10.6 Å². The first kappa shape index (κ1) is 20.9. The first-order valence-corrected chi connectivity index (χ1v) is 12.5. The Labute approximate surface area is 188 Å². The van der Waals surface area contributed by atoms with Gasteiger partial charge in [0, 0.05) is 31.7 Å². The van der Waals surface area contributed by atoms with E-state index in [1.807, 2.05) is 42.5 Å². The third-order valence-corrected chi connectivity index (χ3v) is 8.26. The number of carbonyl (C=O) groups excluding carboxylic acids is 1. The number of hydrogen-bond donors (Lipinski definition) is 1. The van der Waals surface area contributed by atoms with Gasteiger partial charge in [-0.1, -0.05) is 36.4 Å². The van der Waals surface area contributed by atoms with E-state index in [1.165, 1.54) is 9.87 Å². The van der Waals surface area contributed by atoms with Gasteiger partial charge < -0.3 is 4.90 Å². The molecule has 0 saturated carbocycles. The number of fused-ring (bicyclic) bond motifs is 1. The molecule has 1 amide bonds. The standard InChI is InChI=1S/C24H26N4O3S/c29-24(23-17-22(25-26-23)19-7-2-1-3-8-19)27-12-14-28(15-13-27)32(30,31)21-11-10-18-6-4-5-9-20(18)16-21/h1-3,7-8,10-11,16-17H,4-6,9,12-15H2,(H,25,26). The van der Waals surface area contributed by atoms with E-state index < -0.39 is 10.0 Å². The lowest BCUT2D eigenvalue weighted by atomic mass is 9.92. The Hall–Kier alpha value is -2.97. The quantitative estimate of drug-likeness (QED) is 0.662. The van der Waals surface area contributed by atoms with Gasteiger partial charge in [-0.2, -0.15) is 9.40 Å². The summed E-state index contributed by atoms with van der Waals surface area (Å²) in [6.45, 7) is 1.26. The highest BCUT2D eigenvalue weighted by Crippen LogP contribution is 2.26. The van der Waals surface area contributed by atoms with Crippen molar-refractivity contribution in [2.24, 2.45) is 0 Å². The number of benzene rings is 2. The number of aromatic nitrogens is 2. The zero-order valence-electron chi connectivity index (χ0n) is 17.8. The average molecular weight is 451 g/mol. The van der Waals surface area contributed by atoms with Crippen LogP contribution in [0.3, 0.4) is 0 Å². The van der Waals surface area contributed by atoms with Crippen LogP contribution in [-0.2, 0) is 22.9 Å². The summed E-state index contributed by atoms with van der Waals surface area (Å²) in [5.41, 5.74) is 4.47. The molecule has 1 saturated heterocycles. The third kappa shape index (κ3) is 3.96. The zero-order chi connectivity index (χ0) is 22.1. The van der Waals surface area contributed by atoms with Crippen molar-refractivity contribution in [1.29, 1.82) is 0 Å². The molecule has 8 heteroatoms. The summed E-state index contributed by atoms with van der Waals surface area (Å²) in [6.07, 6.45) is 4.24. The minimum Gasteiger partial charge on any atom is -0.335 e. The minimum absolute atomic E-state index is 0.162. The number of aryl methyl sites for hydroxylation is 2. The Bertz CT molecular complexity index is 1230. The van der Waals surface area contributed by atoms with E-state index in [0.29, 0.717) is 29.4 Å². The average Bonchev–Trinajstić information content (AvgIpc) is 3.34. The molecule has 2 aromatic carbocycles. The van der Waals surface area contributed by atoms with E-state index in [4.69, 9.17) is 0 Å². The van der Waals surface area contributed by atoms with Crippen LogP contribution >= 0.6 is 0 Å². The van der Waals surface area contributed by atoms with Gasteiger partial charge >= 0.3 is 0 Å². The van der Waals surface area contributed by atoms with Crippen LogP contribution in [0.25, 0.3) is 11.3 Å². The second-order valence-electron chi connectivity index (χ2n) is 8.37. The summed E-state index contributed by atoms with van der Waals surface area (Å²) in [4.78, 5) is 15.0. The number of aromatic amines is 1. The van der Waals surface area contributed by atoms with Crippen molar-refractivity contribution in [1.82, 2.24) is 19.4 Å². The van der Waals surface area contributed by atoms with Crippen LogP contribution in [0.2, 0.25) is 0 Å². The van der Waals surface area contributed by atoms with Gasteiger partial charge in [-0.3, -0.25) is 9.89 Å². The van der Waals surface area contributed by atoms with Gasteiger partial charge in [0.15, 0.2) is 0 Å². The molecule has 0 radical (unpaired) electrons. The summed E-state index contributed by atoms with van der Waals surface area (Å²) < 4.78 is 27.9. The zero-order valence-corrected chi connectivity index (χ0v) is 18.6. The summed E-state index contributed by atoms with van der Waals surface area (Å²) >= 11 is 0. The maximum atomic E-state index is 13.2. The maximum Gasteiger partial charge on any atom is 0.271 e. The van der Waals surface area contributed by atoms with Crippen molar-refractivity contribution in [3.05, 3.63) is 71.4 Å². The number of rotatable bonds is 4. The topological polar surface area (TPSA) is 86.4 Å². The van der Waals surface area contributed by atoms with Gasteiger partial charge in [-0.05, 0) is 55.0 Å². The molecule has 1 aliphatic heterocycles. The van der Waals surface area contributed by atoms with E-state index in [9.17, 15) is 13.2 Å². The number of nitrogens with one attached hydrogen (secondary N) is 1. The molecule has 3 aromatic rings. The molecule has 7 nitrogen and oxygen atoms in total. The predicted molar refractivity (Wildman–Crippen MR) is 122 cm³/mol. The van der Waals surface area contributed by atoms with Crippen LogP contribution in [0.5, 0.6) is 0 Å². The molecule has 166 valence electrons. The predicted octanol–water partition coefficient (Wildman–Crippen LogP) is 3.10.